The first kappa shape index (κ1) is 31.5. The number of hydrogen-bond donors (Lipinski definition) is 2. The van der Waals surface area contributed by atoms with Gasteiger partial charge in [-0.05, 0) is 95.8 Å². The van der Waals surface area contributed by atoms with Gasteiger partial charge in [0.25, 0.3) is 11.8 Å². The molecule has 6 nitrogen and oxygen atoms in total. The molecule has 6 aromatic rings. The third-order valence-corrected chi connectivity index (χ3v) is 8.97. The average molecular weight is 645 g/mol. The number of carbonyl (C=O) groups excluding carboxylic acids is 2. The van der Waals surface area contributed by atoms with Crippen LogP contribution in [-0.2, 0) is 5.41 Å². The summed E-state index contributed by atoms with van der Waals surface area (Å²) in [7, 11) is 0. The van der Waals surface area contributed by atoms with E-state index >= 15 is 0 Å². The number of para-hydroxylation sites is 2. The highest BCUT2D eigenvalue weighted by Crippen LogP contribution is 2.56. The molecule has 0 unspecified atom stereocenters. The molecule has 0 heterocycles. The number of anilines is 2. The van der Waals surface area contributed by atoms with E-state index in [4.69, 9.17) is 9.47 Å². The molecule has 0 atom stereocenters. The average Bonchev–Trinajstić information content (AvgIpc) is 3.44. The Morgan fingerprint density at radius 1 is 0.490 bits per heavy atom. The molecule has 6 heteroatoms. The molecule has 0 spiro atoms. The van der Waals surface area contributed by atoms with Crippen LogP contribution in [0.25, 0.3) is 11.1 Å². The molecule has 6 aromatic carbocycles. The molecule has 49 heavy (non-hydrogen) atoms. The molecule has 7 rings (SSSR count). The lowest BCUT2D eigenvalue weighted by Crippen LogP contribution is -2.28. The van der Waals surface area contributed by atoms with Gasteiger partial charge in [0.1, 0.15) is 11.5 Å². The van der Waals surface area contributed by atoms with Gasteiger partial charge in [-0.15, -0.1) is 0 Å². The molecule has 1 aliphatic rings. The minimum absolute atomic E-state index is 0.232. The molecule has 2 N–H and O–H groups in total. The van der Waals surface area contributed by atoms with Crippen molar-refractivity contribution in [3.63, 3.8) is 0 Å². The van der Waals surface area contributed by atoms with Gasteiger partial charge >= 0.3 is 0 Å². The van der Waals surface area contributed by atoms with E-state index < -0.39 is 5.41 Å². The summed E-state index contributed by atoms with van der Waals surface area (Å²) in [5, 5.41) is 6.10. The lowest BCUT2D eigenvalue weighted by atomic mass is 9.67. The number of benzene rings is 6. The van der Waals surface area contributed by atoms with E-state index in [0.29, 0.717) is 47.2 Å². The van der Waals surface area contributed by atoms with Gasteiger partial charge in [-0.25, -0.2) is 0 Å². The Morgan fingerprint density at radius 2 is 0.857 bits per heavy atom. The number of fused-ring (bicyclic) bond motifs is 3. The first-order valence-corrected chi connectivity index (χ1v) is 16.5. The fraction of sp³-hybridized carbons (Fsp3) is 0.116. The molecule has 0 saturated heterocycles. The largest absolute Gasteiger partial charge is 0.493 e. The molecule has 0 aromatic heterocycles. The summed E-state index contributed by atoms with van der Waals surface area (Å²) in [5.41, 5.74) is 8.49. The van der Waals surface area contributed by atoms with Gasteiger partial charge in [0.15, 0.2) is 0 Å². The zero-order chi connectivity index (χ0) is 33.8. The van der Waals surface area contributed by atoms with Crippen molar-refractivity contribution in [1.29, 1.82) is 0 Å². The van der Waals surface area contributed by atoms with Crippen molar-refractivity contribution in [2.45, 2.75) is 19.3 Å². The molecule has 1 aliphatic carbocycles. The van der Waals surface area contributed by atoms with Gasteiger partial charge in [0.05, 0.1) is 29.8 Å². The van der Waals surface area contributed by atoms with Crippen LogP contribution in [0.4, 0.5) is 11.4 Å². The number of nitrogens with one attached hydrogen (secondary N) is 2. The van der Waals surface area contributed by atoms with Crippen molar-refractivity contribution < 1.29 is 19.1 Å². The maximum absolute atomic E-state index is 13.3. The van der Waals surface area contributed by atoms with Crippen LogP contribution < -0.4 is 20.1 Å². The summed E-state index contributed by atoms with van der Waals surface area (Å²) in [5.74, 6) is 0.639. The van der Waals surface area contributed by atoms with Gasteiger partial charge < -0.3 is 20.1 Å². The monoisotopic (exact) mass is 644 g/mol. The highest BCUT2D eigenvalue weighted by Gasteiger charge is 2.45. The first-order valence-electron chi connectivity index (χ1n) is 16.5. The molecule has 0 aliphatic heterocycles. The summed E-state index contributed by atoms with van der Waals surface area (Å²) in [4.78, 5) is 26.6. The molecule has 2 amide bonds. The topological polar surface area (TPSA) is 76.7 Å². The SMILES string of the molecule is CCOc1ccccc1C(=O)Nc1ccc(C2(c3ccc(NC(=O)c4ccccc4OCC)cc3)c3ccccc3-c3ccccc32)cc1. The maximum Gasteiger partial charge on any atom is 0.259 e. The third kappa shape index (κ3) is 5.72. The van der Waals surface area contributed by atoms with Crippen LogP contribution in [0.5, 0.6) is 11.5 Å². The summed E-state index contributed by atoms with van der Waals surface area (Å²) >= 11 is 0. The van der Waals surface area contributed by atoms with Crippen molar-refractivity contribution in [3.8, 4) is 22.6 Å². The number of rotatable bonds is 10. The van der Waals surface area contributed by atoms with E-state index in [2.05, 4.69) is 83.4 Å². The van der Waals surface area contributed by atoms with Crippen molar-refractivity contribution >= 4 is 23.2 Å². The van der Waals surface area contributed by atoms with E-state index in [-0.39, 0.29) is 11.8 Å². The van der Waals surface area contributed by atoms with Crippen LogP contribution in [0.1, 0.15) is 56.8 Å². The van der Waals surface area contributed by atoms with Gasteiger partial charge in [0.2, 0.25) is 0 Å². The summed E-state index contributed by atoms with van der Waals surface area (Å²) in [6.45, 7) is 4.74. The summed E-state index contributed by atoms with van der Waals surface area (Å²) < 4.78 is 11.4. The van der Waals surface area contributed by atoms with E-state index in [0.717, 1.165) is 11.1 Å². The zero-order valence-electron chi connectivity index (χ0n) is 27.4. The van der Waals surface area contributed by atoms with E-state index in [9.17, 15) is 9.59 Å². The quantitative estimate of drug-likeness (QED) is 0.156. The normalized spacial score (nSPS) is 12.4. The highest BCUT2D eigenvalue weighted by atomic mass is 16.5. The molecule has 242 valence electrons. The van der Waals surface area contributed by atoms with E-state index in [1.54, 1.807) is 24.3 Å². The highest BCUT2D eigenvalue weighted by molar-refractivity contribution is 6.07. The minimum atomic E-state index is -0.638. The number of hydrogen-bond acceptors (Lipinski definition) is 4. The standard InChI is InChI=1S/C43H36N2O4/c1-3-48-39-19-11-7-15-35(39)41(46)44-31-25-21-29(22-26-31)43(37-17-9-5-13-33(37)34-14-6-10-18-38(34)43)30-23-27-32(28-24-30)45-42(47)36-16-8-12-20-40(36)49-4-2/h5-28H,3-4H2,1-2H3,(H,44,46)(H,45,47). The second-order valence-corrected chi connectivity index (χ2v) is 11.8. The molecule has 0 fully saturated rings. The lowest BCUT2D eigenvalue weighted by Gasteiger charge is -2.34. The number of amides is 2. The van der Waals surface area contributed by atoms with Crippen molar-refractivity contribution in [3.05, 3.63) is 179 Å². The maximum atomic E-state index is 13.3. The predicted octanol–water partition coefficient (Wildman–Crippen LogP) is 9.35. The van der Waals surface area contributed by atoms with Crippen molar-refractivity contribution in [1.82, 2.24) is 0 Å². The van der Waals surface area contributed by atoms with Crippen LogP contribution in [0.3, 0.4) is 0 Å². The van der Waals surface area contributed by atoms with Crippen molar-refractivity contribution in [2.75, 3.05) is 23.8 Å². The van der Waals surface area contributed by atoms with E-state index in [1.807, 2.05) is 62.4 Å². The number of ether oxygens (including phenoxy) is 2. The Hall–Kier alpha value is -6.14. The molecular formula is C43H36N2O4. The number of carbonyl (C=O) groups is 2. The van der Waals surface area contributed by atoms with Gasteiger partial charge in [-0.2, -0.15) is 0 Å². The third-order valence-electron chi connectivity index (χ3n) is 8.97. The summed E-state index contributed by atoms with van der Waals surface area (Å²) in [6.07, 6.45) is 0. The Bertz CT molecular complexity index is 1980. The van der Waals surface area contributed by atoms with Gasteiger partial charge in [-0.1, -0.05) is 97.1 Å². The fourth-order valence-corrected chi connectivity index (χ4v) is 6.90. The van der Waals surface area contributed by atoms with Crippen LogP contribution >= 0.6 is 0 Å². The molecule has 0 saturated carbocycles. The van der Waals surface area contributed by atoms with Crippen molar-refractivity contribution in [2.24, 2.45) is 0 Å². The lowest BCUT2D eigenvalue weighted by molar-refractivity contribution is 0.101. The Balaban J connectivity index is 1.26. The second kappa shape index (κ2) is 13.5. The van der Waals surface area contributed by atoms with Crippen LogP contribution in [0.15, 0.2) is 146 Å². The van der Waals surface area contributed by atoms with E-state index in [1.165, 1.54) is 22.3 Å². The van der Waals surface area contributed by atoms with Gasteiger partial charge in [-0.3, -0.25) is 9.59 Å². The smallest absolute Gasteiger partial charge is 0.259 e. The second-order valence-electron chi connectivity index (χ2n) is 11.8. The predicted molar refractivity (Wildman–Crippen MR) is 195 cm³/mol. The molecule has 0 bridgehead atoms. The molecular weight excluding hydrogens is 608 g/mol. The fourth-order valence-electron chi connectivity index (χ4n) is 6.90. The minimum Gasteiger partial charge on any atom is -0.493 e. The zero-order valence-corrected chi connectivity index (χ0v) is 27.4. The first-order chi connectivity index (χ1) is 24.0. The Morgan fingerprint density at radius 3 is 1.27 bits per heavy atom. The summed E-state index contributed by atoms with van der Waals surface area (Å²) in [6, 6.07) is 47.7. The molecule has 0 radical (unpaired) electrons. The Kier molecular flexibility index (Phi) is 8.69. The Labute approximate surface area is 286 Å². The van der Waals surface area contributed by atoms with Crippen LogP contribution in [0.2, 0.25) is 0 Å². The van der Waals surface area contributed by atoms with Crippen LogP contribution in [-0.4, -0.2) is 25.0 Å². The van der Waals surface area contributed by atoms with Gasteiger partial charge in [0, 0.05) is 11.4 Å². The van der Waals surface area contributed by atoms with Crippen LogP contribution in [0, 0.1) is 0 Å².